The molecule has 0 saturated heterocycles. The van der Waals surface area contributed by atoms with Crippen LogP contribution in [-0.4, -0.2) is 23.0 Å². The van der Waals surface area contributed by atoms with Gasteiger partial charge < -0.3 is 5.32 Å². The number of urea groups is 1. The number of non-ortho nitro benzene ring substituents is 1. The Kier molecular flexibility index (Phi) is 4.45. The zero-order chi connectivity index (χ0) is 15.2. The van der Waals surface area contributed by atoms with E-state index in [2.05, 4.69) is 10.3 Å². The summed E-state index contributed by atoms with van der Waals surface area (Å²) < 4.78 is 0. The Balaban J connectivity index is 1.97. The van der Waals surface area contributed by atoms with Gasteiger partial charge in [0.25, 0.3) is 5.69 Å². The summed E-state index contributed by atoms with van der Waals surface area (Å²) >= 11 is 0. The normalized spacial score (nSPS) is 9.95. The largest absolute Gasteiger partial charge is 0.334 e. The Morgan fingerprint density at radius 3 is 2.62 bits per heavy atom. The van der Waals surface area contributed by atoms with E-state index in [1.54, 1.807) is 25.5 Å². The average Bonchev–Trinajstić information content (AvgIpc) is 2.53. The topological polar surface area (TPSA) is 88.4 Å². The first-order valence-electron chi connectivity index (χ1n) is 6.23. The van der Waals surface area contributed by atoms with E-state index in [4.69, 9.17) is 0 Å². The molecule has 108 valence electrons. The first kappa shape index (κ1) is 14.4. The number of anilines is 1. The van der Waals surface area contributed by atoms with Crippen LogP contribution in [0.1, 0.15) is 5.56 Å². The highest BCUT2D eigenvalue weighted by Gasteiger charge is 2.12. The lowest BCUT2D eigenvalue weighted by Gasteiger charge is -2.17. The van der Waals surface area contributed by atoms with Crippen molar-refractivity contribution < 1.29 is 9.72 Å². The summed E-state index contributed by atoms with van der Waals surface area (Å²) in [6.45, 7) is 0.365. The van der Waals surface area contributed by atoms with Gasteiger partial charge in [0.15, 0.2) is 0 Å². The predicted octanol–water partition coefficient (Wildman–Crippen LogP) is 2.34. The molecule has 1 aromatic heterocycles. The second kappa shape index (κ2) is 6.47. The van der Waals surface area contributed by atoms with Gasteiger partial charge in [0, 0.05) is 43.8 Å². The third-order valence-corrected chi connectivity index (χ3v) is 2.92. The second-order valence-electron chi connectivity index (χ2n) is 4.35. The lowest BCUT2D eigenvalue weighted by atomic mass is 10.2. The van der Waals surface area contributed by atoms with Gasteiger partial charge in [-0.2, -0.15) is 0 Å². The fourth-order valence-electron chi connectivity index (χ4n) is 1.71. The van der Waals surface area contributed by atoms with Gasteiger partial charge in [-0.15, -0.1) is 0 Å². The average molecular weight is 286 g/mol. The second-order valence-corrected chi connectivity index (χ2v) is 4.35. The van der Waals surface area contributed by atoms with E-state index in [0.717, 1.165) is 5.56 Å². The van der Waals surface area contributed by atoms with Gasteiger partial charge in [-0.1, -0.05) is 6.07 Å². The van der Waals surface area contributed by atoms with Crippen LogP contribution in [0.4, 0.5) is 16.2 Å². The van der Waals surface area contributed by atoms with Crippen molar-refractivity contribution in [1.82, 2.24) is 10.3 Å². The van der Waals surface area contributed by atoms with E-state index in [1.165, 1.54) is 29.2 Å². The van der Waals surface area contributed by atoms with Crippen LogP contribution in [0.2, 0.25) is 0 Å². The minimum Gasteiger partial charge on any atom is -0.334 e. The van der Waals surface area contributed by atoms with Crippen LogP contribution >= 0.6 is 0 Å². The van der Waals surface area contributed by atoms with E-state index >= 15 is 0 Å². The van der Waals surface area contributed by atoms with E-state index in [1.807, 2.05) is 6.07 Å². The monoisotopic (exact) mass is 286 g/mol. The molecule has 2 rings (SSSR count). The highest BCUT2D eigenvalue weighted by atomic mass is 16.6. The number of carbonyl (C=O) groups is 1. The number of rotatable bonds is 4. The molecule has 1 heterocycles. The molecule has 2 amide bonds. The SMILES string of the molecule is CN(C(=O)NCc1cccnc1)c1ccc([N+](=O)[O-])cc1. The summed E-state index contributed by atoms with van der Waals surface area (Å²) in [6, 6.07) is 9.14. The van der Waals surface area contributed by atoms with Gasteiger partial charge in [0.2, 0.25) is 0 Å². The van der Waals surface area contributed by atoms with Gasteiger partial charge >= 0.3 is 6.03 Å². The molecule has 0 aliphatic carbocycles. The summed E-state index contributed by atoms with van der Waals surface area (Å²) in [6.07, 6.45) is 3.33. The van der Waals surface area contributed by atoms with Crippen LogP contribution in [0.25, 0.3) is 0 Å². The number of benzene rings is 1. The van der Waals surface area contributed by atoms with Crippen molar-refractivity contribution in [2.24, 2.45) is 0 Å². The molecular weight excluding hydrogens is 272 g/mol. The lowest BCUT2D eigenvalue weighted by Crippen LogP contribution is -2.36. The van der Waals surface area contributed by atoms with Crippen molar-refractivity contribution in [3.63, 3.8) is 0 Å². The summed E-state index contributed by atoms with van der Waals surface area (Å²) in [7, 11) is 1.60. The molecule has 0 bridgehead atoms. The van der Waals surface area contributed by atoms with E-state index in [0.29, 0.717) is 12.2 Å². The van der Waals surface area contributed by atoms with Gasteiger partial charge in [-0.05, 0) is 23.8 Å². The zero-order valence-corrected chi connectivity index (χ0v) is 11.4. The number of nitro groups is 1. The summed E-state index contributed by atoms with van der Waals surface area (Å²) in [5, 5.41) is 13.3. The van der Waals surface area contributed by atoms with Crippen molar-refractivity contribution >= 4 is 17.4 Å². The van der Waals surface area contributed by atoms with Gasteiger partial charge in [-0.3, -0.25) is 20.0 Å². The maximum atomic E-state index is 12.0. The Bertz CT molecular complexity index is 628. The lowest BCUT2D eigenvalue weighted by molar-refractivity contribution is -0.384. The van der Waals surface area contributed by atoms with Crippen molar-refractivity contribution in [2.45, 2.75) is 6.54 Å². The third-order valence-electron chi connectivity index (χ3n) is 2.92. The molecule has 0 radical (unpaired) electrons. The quantitative estimate of drug-likeness (QED) is 0.690. The predicted molar refractivity (Wildman–Crippen MR) is 78.0 cm³/mol. The third kappa shape index (κ3) is 3.75. The van der Waals surface area contributed by atoms with E-state index in [9.17, 15) is 14.9 Å². The highest BCUT2D eigenvalue weighted by Crippen LogP contribution is 2.18. The van der Waals surface area contributed by atoms with Crippen LogP contribution < -0.4 is 10.2 Å². The van der Waals surface area contributed by atoms with Crippen LogP contribution in [0.5, 0.6) is 0 Å². The maximum Gasteiger partial charge on any atom is 0.321 e. The zero-order valence-electron chi connectivity index (χ0n) is 11.4. The first-order valence-corrected chi connectivity index (χ1v) is 6.23. The number of amides is 2. The van der Waals surface area contributed by atoms with Gasteiger partial charge in [-0.25, -0.2) is 4.79 Å². The van der Waals surface area contributed by atoms with Crippen LogP contribution in [0.3, 0.4) is 0 Å². The standard InChI is InChI=1S/C14H14N4O3/c1-17(12-4-6-13(7-5-12)18(20)21)14(19)16-10-11-3-2-8-15-9-11/h2-9H,10H2,1H3,(H,16,19). The molecule has 2 aromatic rings. The van der Waals surface area contributed by atoms with Crippen molar-refractivity contribution in [3.8, 4) is 0 Å². The van der Waals surface area contributed by atoms with Gasteiger partial charge in [0.05, 0.1) is 4.92 Å². The highest BCUT2D eigenvalue weighted by molar-refractivity contribution is 5.91. The Labute approximate surface area is 121 Å². The molecule has 0 saturated carbocycles. The van der Waals surface area contributed by atoms with Gasteiger partial charge in [0.1, 0.15) is 0 Å². The number of nitrogens with one attached hydrogen (secondary N) is 1. The first-order chi connectivity index (χ1) is 10.1. The Morgan fingerprint density at radius 1 is 1.33 bits per heavy atom. The van der Waals surface area contributed by atoms with Crippen molar-refractivity contribution in [3.05, 3.63) is 64.5 Å². The fourth-order valence-corrected chi connectivity index (χ4v) is 1.71. The van der Waals surface area contributed by atoms with E-state index in [-0.39, 0.29) is 11.7 Å². The number of hydrogen-bond acceptors (Lipinski definition) is 4. The molecule has 0 spiro atoms. The van der Waals surface area contributed by atoms with Crippen molar-refractivity contribution in [1.29, 1.82) is 0 Å². The number of nitrogens with zero attached hydrogens (tertiary/aromatic N) is 3. The molecule has 21 heavy (non-hydrogen) atoms. The maximum absolute atomic E-state index is 12.0. The number of nitro benzene ring substituents is 1. The molecule has 7 heteroatoms. The molecule has 0 unspecified atom stereocenters. The molecule has 0 aliphatic heterocycles. The Hall–Kier alpha value is -2.96. The van der Waals surface area contributed by atoms with Crippen molar-refractivity contribution in [2.75, 3.05) is 11.9 Å². The fraction of sp³-hybridized carbons (Fsp3) is 0.143. The number of pyridine rings is 1. The molecule has 7 nitrogen and oxygen atoms in total. The Morgan fingerprint density at radius 2 is 2.05 bits per heavy atom. The van der Waals surface area contributed by atoms with Crippen LogP contribution in [0, 0.1) is 10.1 Å². The van der Waals surface area contributed by atoms with Crippen LogP contribution in [0.15, 0.2) is 48.8 Å². The molecule has 0 aliphatic rings. The molecule has 1 N–H and O–H groups in total. The molecule has 1 aromatic carbocycles. The smallest absolute Gasteiger partial charge is 0.321 e. The van der Waals surface area contributed by atoms with E-state index < -0.39 is 4.92 Å². The number of hydrogen-bond donors (Lipinski definition) is 1. The minimum atomic E-state index is -0.480. The number of aromatic nitrogens is 1. The minimum absolute atomic E-state index is 0.0112. The van der Waals surface area contributed by atoms with Crippen LogP contribution in [-0.2, 0) is 6.54 Å². The number of carbonyl (C=O) groups excluding carboxylic acids is 1. The molecular formula is C14H14N4O3. The summed E-state index contributed by atoms with van der Waals surface area (Å²) in [5.41, 5.74) is 1.45. The molecule has 0 fully saturated rings. The molecule has 0 atom stereocenters. The summed E-state index contributed by atoms with van der Waals surface area (Å²) in [5.74, 6) is 0. The summed E-state index contributed by atoms with van der Waals surface area (Å²) in [4.78, 5) is 27.5.